The first kappa shape index (κ1) is 23.9. The molecule has 0 saturated carbocycles. The van der Waals surface area contributed by atoms with Gasteiger partial charge in [-0.25, -0.2) is 9.59 Å². The molecule has 4 heteroatoms. The molecule has 0 N–H and O–H groups in total. The maximum atomic E-state index is 11.4. The Labute approximate surface area is 158 Å². The van der Waals surface area contributed by atoms with Gasteiger partial charge in [-0.05, 0) is 58.3 Å². The Bertz CT molecular complexity index is 581. The van der Waals surface area contributed by atoms with Crippen molar-refractivity contribution in [2.45, 2.75) is 59.8 Å². The first-order valence-electron chi connectivity index (χ1n) is 8.98. The van der Waals surface area contributed by atoms with E-state index in [1.807, 2.05) is 18.2 Å². The van der Waals surface area contributed by atoms with Gasteiger partial charge < -0.3 is 9.47 Å². The summed E-state index contributed by atoms with van der Waals surface area (Å²) >= 11 is 0. The summed E-state index contributed by atoms with van der Waals surface area (Å²) in [6.45, 7) is 11.8. The maximum Gasteiger partial charge on any atom is 0.333 e. The fraction of sp³-hybridized carbons (Fsp3) is 0.545. The Hall–Kier alpha value is -2.10. The SMILES string of the molecule is C=CC(C)(C/C=C(\C)CC/C=C(\C)C(=O)OC)CC/C=C(\C)C(=O)OC. The molecule has 0 rings (SSSR count). The Morgan fingerprint density at radius 2 is 1.42 bits per heavy atom. The minimum Gasteiger partial charge on any atom is -0.466 e. The third-order valence-corrected chi connectivity index (χ3v) is 4.58. The number of esters is 2. The molecule has 1 unspecified atom stereocenters. The van der Waals surface area contributed by atoms with Crippen LogP contribution in [0.15, 0.2) is 47.6 Å². The number of hydrogen-bond acceptors (Lipinski definition) is 4. The molecule has 0 aromatic rings. The lowest BCUT2D eigenvalue weighted by Crippen LogP contribution is -2.11. The van der Waals surface area contributed by atoms with Crippen LogP contribution in [0.3, 0.4) is 0 Å². The van der Waals surface area contributed by atoms with Crippen LogP contribution < -0.4 is 0 Å². The van der Waals surface area contributed by atoms with E-state index in [1.54, 1.807) is 13.8 Å². The Balaban J connectivity index is 4.60. The summed E-state index contributed by atoms with van der Waals surface area (Å²) in [5, 5.41) is 0. The fourth-order valence-electron chi connectivity index (χ4n) is 2.42. The van der Waals surface area contributed by atoms with E-state index in [0.29, 0.717) is 11.1 Å². The molecule has 26 heavy (non-hydrogen) atoms. The molecule has 0 aliphatic heterocycles. The monoisotopic (exact) mass is 362 g/mol. The van der Waals surface area contributed by atoms with Crippen LogP contribution in [0, 0.1) is 5.41 Å². The van der Waals surface area contributed by atoms with E-state index in [9.17, 15) is 9.59 Å². The molecule has 0 aromatic carbocycles. The van der Waals surface area contributed by atoms with Crippen molar-refractivity contribution in [1.82, 2.24) is 0 Å². The normalized spacial score (nSPS) is 15.2. The van der Waals surface area contributed by atoms with E-state index in [4.69, 9.17) is 4.74 Å². The smallest absolute Gasteiger partial charge is 0.333 e. The second kappa shape index (κ2) is 12.3. The first-order chi connectivity index (χ1) is 12.2. The average molecular weight is 363 g/mol. The van der Waals surface area contributed by atoms with Gasteiger partial charge in [-0.15, -0.1) is 6.58 Å². The van der Waals surface area contributed by atoms with Crippen LogP contribution in [-0.2, 0) is 19.1 Å². The number of carbonyl (C=O) groups excluding carboxylic acids is 2. The van der Waals surface area contributed by atoms with E-state index in [2.05, 4.69) is 31.2 Å². The summed E-state index contributed by atoms with van der Waals surface area (Å²) in [4.78, 5) is 22.8. The molecule has 0 aromatic heterocycles. The summed E-state index contributed by atoms with van der Waals surface area (Å²) in [6, 6.07) is 0. The predicted octanol–water partition coefficient (Wildman–Crippen LogP) is 5.31. The van der Waals surface area contributed by atoms with Crippen LogP contribution in [0.1, 0.15) is 59.8 Å². The number of carbonyl (C=O) groups is 2. The van der Waals surface area contributed by atoms with Crippen molar-refractivity contribution in [2.24, 2.45) is 5.41 Å². The molecule has 0 fully saturated rings. The molecular weight excluding hydrogens is 328 g/mol. The molecule has 0 amide bonds. The number of hydrogen-bond donors (Lipinski definition) is 0. The van der Waals surface area contributed by atoms with Crippen LogP contribution in [0.2, 0.25) is 0 Å². The van der Waals surface area contributed by atoms with Gasteiger partial charge in [-0.2, -0.15) is 0 Å². The molecule has 0 heterocycles. The van der Waals surface area contributed by atoms with Crippen LogP contribution >= 0.6 is 0 Å². The minimum atomic E-state index is -0.281. The number of rotatable bonds is 11. The van der Waals surface area contributed by atoms with Gasteiger partial charge >= 0.3 is 11.9 Å². The molecule has 0 bridgehead atoms. The summed E-state index contributed by atoms with van der Waals surface area (Å²) in [7, 11) is 2.78. The highest BCUT2D eigenvalue weighted by atomic mass is 16.5. The van der Waals surface area contributed by atoms with Gasteiger partial charge in [0.25, 0.3) is 0 Å². The predicted molar refractivity (Wildman–Crippen MR) is 107 cm³/mol. The zero-order chi connectivity index (χ0) is 20.2. The molecule has 1 atom stereocenters. The molecule has 0 spiro atoms. The van der Waals surface area contributed by atoms with Crippen molar-refractivity contribution >= 4 is 11.9 Å². The number of methoxy groups -OCH3 is 2. The molecular formula is C22H34O4. The van der Waals surface area contributed by atoms with E-state index >= 15 is 0 Å². The lowest BCUT2D eigenvalue weighted by Gasteiger charge is -2.24. The highest BCUT2D eigenvalue weighted by molar-refractivity contribution is 5.87. The highest BCUT2D eigenvalue weighted by Crippen LogP contribution is 2.30. The van der Waals surface area contributed by atoms with E-state index in [0.717, 1.165) is 32.1 Å². The van der Waals surface area contributed by atoms with Crippen molar-refractivity contribution in [3.8, 4) is 0 Å². The summed E-state index contributed by atoms with van der Waals surface area (Å²) < 4.78 is 9.39. The van der Waals surface area contributed by atoms with Gasteiger partial charge in [0.05, 0.1) is 14.2 Å². The van der Waals surface area contributed by atoms with E-state index < -0.39 is 0 Å². The topological polar surface area (TPSA) is 52.6 Å². The third kappa shape index (κ3) is 9.40. The second-order valence-corrected chi connectivity index (χ2v) is 6.95. The van der Waals surface area contributed by atoms with Gasteiger partial charge in [0.15, 0.2) is 0 Å². The minimum absolute atomic E-state index is 0.0219. The van der Waals surface area contributed by atoms with E-state index in [1.165, 1.54) is 19.8 Å². The van der Waals surface area contributed by atoms with Gasteiger partial charge in [-0.3, -0.25) is 0 Å². The number of allylic oxidation sites excluding steroid dienone is 5. The molecule has 146 valence electrons. The Morgan fingerprint density at radius 3 is 1.88 bits per heavy atom. The molecule has 4 nitrogen and oxygen atoms in total. The van der Waals surface area contributed by atoms with Crippen molar-refractivity contribution in [2.75, 3.05) is 14.2 Å². The molecule has 0 saturated heterocycles. The van der Waals surface area contributed by atoms with Crippen molar-refractivity contribution < 1.29 is 19.1 Å². The van der Waals surface area contributed by atoms with Gasteiger partial charge in [0, 0.05) is 11.1 Å². The molecule has 0 aliphatic carbocycles. The van der Waals surface area contributed by atoms with Crippen LogP contribution in [0.4, 0.5) is 0 Å². The summed E-state index contributed by atoms with van der Waals surface area (Å²) in [5.74, 6) is -0.558. The second-order valence-electron chi connectivity index (χ2n) is 6.95. The molecule has 0 aliphatic rings. The largest absolute Gasteiger partial charge is 0.466 e. The third-order valence-electron chi connectivity index (χ3n) is 4.58. The van der Waals surface area contributed by atoms with Crippen molar-refractivity contribution in [3.05, 3.63) is 47.6 Å². The van der Waals surface area contributed by atoms with Crippen LogP contribution in [0.25, 0.3) is 0 Å². The van der Waals surface area contributed by atoms with Gasteiger partial charge in [-0.1, -0.05) is 36.8 Å². The summed E-state index contributed by atoms with van der Waals surface area (Å²) in [6.07, 6.45) is 12.4. The highest BCUT2D eigenvalue weighted by Gasteiger charge is 2.18. The van der Waals surface area contributed by atoms with E-state index in [-0.39, 0.29) is 17.4 Å². The zero-order valence-corrected chi connectivity index (χ0v) is 17.2. The quantitative estimate of drug-likeness (QED) is 0.284. The lowest BCUT2D eigenvalue weighted by atomic mass is 9.81. The Kier molecular flexibility index (Phi) is 11.3. The lowest BCUT2D eigenvalue weighted by molar-refractivity contribution is -0.136. The fourth-order valence-corrected chi connectivity index (χ4v) is 2.42. The summed E-state index contributed by atoms with van der Waals surface area (Å²) in [5.41, 5.74) is 2.54. The number of ether oxygens (including phenoxy) is 2. The standard InChI is InChI=1S/C22H34O4/c1-8-22(5,15-10-13-19(4)21(24)26-7)16-14-17(2)11-9-12-18(3)20(23)25-6/h8,12-14H,1,9-11,15-16H2,2-7H3/b17-14+,18-12+,19-13+. The first-order valence-corrected chi connectivity index (χ1v) is 8.98. The maximum absolute atomic E-state index is 11.4. The molecule has 0 radical (unpaired) electrons. The van der Waals surface area contributed by atoms with Gasteiger partial charge in [0.1, 0.15) is 0 Å². The zero-order valence-electron chi connectivity index (χ0n) is 17.2. The average Bonchev–Trinajstić information content (AvgIpc) is 2.64. The van der Waals surface area contributed by atoms with Crippen molar-refractivity contribution in [1.29, 1.82) is 0 Å². The van der Waals surface area contributed by atoms with Crippen LogP contribution in [0.5, 0.6) is 0 Å². The van der Waals surface area contributed by atoms with Crippen molar-refractivity contribution in [3.63, 3.8) is 0 Å². The Morgan fingerprint density at radius 1 is 0.923 bits per heavy atom. The van der Waals surface area contributed by atoms with Crippen LogP contribution in [-0.4, -0.2) is 26.2 Å². The van der Waals surface area contributed by atoms with Gasteiger partial charge in [0.2, 0.25) is 0 Å².